The molecule has 2 aromatic rings. The molecule has 0 aliphatic carbocycles. The molecule has 0 fully saturated rings. The first kappa shape index (κ1) is 16.5. The van der Waals surface area contributed by atoms with Gasteiger partial charge in [0.1, 0.15) is 5.75 Å². The SMILES string of the molecule is CC(=O)c1cccc(OCC(=O)Nc2ccc(F)c(F)c2F)c1. The molecule has 4 nitrogen and oxygen atoms in total. The van der Waals surface area contributed by atoms with Crippen molar-refractivity contribution in [3.05, 3.63) is 59.4 Å². The highest BCUT2D eigenvalue weighted by molar-refractivity contribution is 5.94. The topological polar surface area (TPSA) is 55.4 Å². The number of nitrogens with one attached hydrogen (secondary N) is 1. The fraction of sp³-hybridized carbons (Fsp3) is 0.125. The number of carbonyl (C=O) groups is 2. The predicted molar refractivity (Wildman–Crippen MR) is 76.9 cm³/mol. The van der Waals surface area contributed by atoms with Crippen molar-refractivity contribution in [2.75, 3.05) is 11.9 Å². The van der Waals surface area contributed by atoms with Gasteiger partial charge in [0.15, 0.2) is 29.8 Å². The smallest absolute Gasteiger partial charge is 0.262 e. The molecule has 0 bridgehead atoms. The molecule has 0 saturated carbocycles. The summed E-state index contributed by atoms with van der Waals surface area (Å²) in [6, 6.07) is 7.77. The van der Waals surface area contributed by atoms with E-state index in [9.17, 15) is 22.8 Å². The minimum Gasteiger partial charge on any atom is -0.484 e. The third-order valence-electron chi connectivity index (χ3n) is 2.92. The van der Waals surface area contributed by atoms with E-state index in [2.05, 4.69) is 5.32 Å². The lowest BCUT2D eigenvalue weighted by atomic mass is 10.1. The summed E-state index contributed by atoms with van der Waals surface area (Å²) in [7, 11) is 0. The molecule has 0 radical (unpaired) electrons. The summed E-state index contributed by atoms with van der Waals surface area (Å²) in [5.41, 5.74) is -0.0791. The Labute approximate surface area is 129 Å². The molecular formula is C16H12F3NO3. The number of hydrogen-bond donors (Lipinski definition) is 1. The van der Waals surface area contributed by atoms with Crippen molar-refractivity contribution in [1.82, 2.24) is 0 Å². The molecule has 0 saturated heterocycles. The van der Waals surface area contributed by atoms with Crippen LogP contribution in [0.3, 0.4) is 0 Å². The molecule has 7 heteroatoms. The van der Waals surface area contributed by atoms with E-state index in [0.29, 0.717) is 11.6 Å². The van der Waals surface area contributed by atoms with E-state index in [-0.39, 0.29) is 11.5 Å². The zero-order valence-corrected chi connectivity index (χ0v) is 12.0. The normalized spacial score (nSPS) is 10.3. The Bertz CT molecular complexity index is 762. The quantitative estimate of drug-likeness (QED) is 0.678. The van der Waals surface area contributed by atoms with Crippen LogP contribution in [0.4, 0.5) is 18.9 Å². The first-order valence-electron chi connectivity index (χ1n) is 6.55. The second kappa shape index (κ2) is 6.95. The van der Waals surface area contributed by atoms with Crippen LogP contribution >= 0.6 is 0 Å². The maximum atomic E-state index is 13.4. The minimum atomic E-state index is -1.67. The Balaban J connectivity index is 1.99. The van der Waals surface area contributed by atoms with Gasteiger partial charge < -0.3 is 10.1 Å². The van der Waals surface area contributed by atoms with Gasteiger partial charge in [-0.3, -0.25) is 9.59 Å². The van der Waals surface area contributed by atoms with E-state index in [1.54, 1.807) is 12.1 Å². The highest BCUT2D eigenvalue weighted by Gasteiger charge is 2.15. The van der Waals surface area contributed by atoms with Gasteiger partial charge in [-0.05, 0) is 31.2 Å². The molecule has 0 spiro atoms. The summed E-state index contributed by atoms with van der Waals surface area (Å²) in [6.45, 7) is 0.900. The molecule has 0 aliphatic rings. The van der Waals surface area contributed by atoms with Crippen LogP contribution in [0.25, 0.3) is 0 Å². The van der Waals surface area contributed by atoms with Crippen molar-refractivity contribution in [2.45, 2.75) is 6.92 Å². The number of benzene rings is 2. The fourth-order valence-corrected chi connectivity index (χ4v) is 1.76. The second-order valence-corrected chi connectivity index (χ2v) is 4.64. The van der Waals surface area contributed by atoms with Crippen LogP contribution in [0.5, 0.6) is 5.75 Å². The van der Waals surface area contributed by atoms with Gasteiger partial charge in [-0.1, -0.05) is 12.1 Å². The average Bonchev–Trinajstić information content (AvgIpc) is 2.54. The van der Waals surface area contributed by atoms with Gasteiger partial charge in [0.05, 0.1) is 5.69 Å². The van der Waals surface area contributed by atoms with E-state index in [1.165, 1.54) is 19.1 Å². The molecule has 2 aromatic carbocycles. The van der Waals surface area contributed by atoms with Crippen LogP contribution < -0.4 is 10.1 Å². The molecule has 0 unspecified atom stereocenters. The largest absolute Gasteiger partial charge is 0.484 e. The van der Waals surface area contributed by atoms with Crippen molar-refractivity contribution in [3.8, 4) is 5.75 Å². The number of halogens is 3. The van der Waals surface area contributed by atoms with Gasteiger partial charge in [0.25, 0.3) is 5.91 Å². The Morgan fingerprint density at radius 3 is 2.52 bits per heavy atom. The third kappa shape index (κ3) is 4.09. The lowest BCUT2D eigenvalue weighted by Gasteiger charge is -2.09. The number of amides is 1. The van der Waals surface area contributed by atoms with Crippen LogP contribution in [-0.2, 0) is 4.79 Å². The molecule has 0 aromatic heterocycles. The van der Waals surface area contributed by atoms with Gasteiger partial charge in [-0.2, -0.15) is 0 Å². The zero-order valence-electron chi connectivity index (χ0n) is 12.0. The number of carbonyl (C=O) groups excluding carboxylic acids is 2. The van der Waals surface area contributed by atoms with E-state index in [1.807, 2.05) is 0 Å². The van der Waals surface area contributed by atoms with Gasteiger partial charge in [0.2, 0.25) is 0 Å². The first-order chi connectivity index (χ1) is 10.9. The average molecular weight is 323 g/mol. The number of ketones is 1. The molecule has 0 heterocycles. The second-order valence-electron chi connectivity index (χ2n) is 4.64. The van der Waals surface area contributed by atoms with Crippen LogP contribution in [-0.4, -0.2) is 18.3 Å². The van der Waals surface area contributed by atoms with Gasteiger partial charge >= 0.3 is 0 Å². The Kier molecular flexibility index (Phi) is 5.00. The lowest BCUT2D eigenvalue weighted by molar-refractivity contribution is -0.118. The summed E-state index contributed by atoms with van der Waals surface area (Å²) in [5, 5.41) is 2.07. The third-order valence-corrected chi connectivity index (χ3v) is 2.92. The monoisotopic (exact) mass is 323 g/mol. The van der Waals surface area contributed by atoms with E-state index >= 15 is 0 Å². The van der Waals surface area contributed by atoms with Gasteiger partial charge in [-0.15, -0.1) is 0 Å². The summed E-state index contributed by atoms with van der Waals surface area (Å²) < 4.78 is 44.4. The Morgan fingerprint density at radius 2 is 1.83 bits per heavy atom. The number of ether oxygens (including phenoxy) is 1. The van der Waals surface area contributed by atoms with E-state index < -0.39 is 35.7 Å². The van der Waals surface area contributed by atoms with Crippen molar-refractivity contribution in [3.63, 3.8) is 0 Å². The van der Waals surface area contributed by atoms with Crippen LogP contribution in [0.15, 0.2) is 36.4 Å². The molecule has 0 aliphatic heterocycles. The number of Topliss-reactive ketones (excluding diaryl/α,β-unsaturated/α-hetero) is 1. The van der Waals surface area contributed by atoms with E-state index in [4.69, 9.17) is 4.74 Å². The van der Waals surface area contributed by atoms with Gasteiger partial charge in [0, 0.05) is 5.56 Å². The molecule has 0 atom stereocenters. The first-order valence-corrected chi connectivity index (χ1v) is 6.55. The molecule has 23 heavy (non-hydrogen) atoms. The summed E-state index contributed by atoms with van der Waals surface area (Å²) >= 11 is 0. The highest BCUT2D eigenvalue weighted by atomic mass is 19.2. The maximum absolute atomic E-state index is 13.4. The number of rotatable bonds is 5. The standard InChI is InChI=1S/C16H12F3NO3/c1-9(21)10-3-2-4-11(7-10)23-8-14(22)20-13-6-5-12(17)15(18)16(13)19/h2-7H,8H2,1H3,(H,20,22). The van der Waals surface area contributed by atoms with Crippen molar-refractivity contribution in [1.29, 1.82) is 0 Å². The predicted octanol–water partition coefficient (Wildman–Crippen LogP) is 3.32. The molecule has 2 rings (SSSR count). The highest BCUT2D eigenvalue weighted by Crippen LogP contribution is 2.19. The van der Waals surface area contributed by atoms with Crippen LogP contribution in [0.2, 0.25) is 0 Å². The number of hydrogen-bond acceptors (Lipinski definition) is 3. The number of anilines is 1. The van der Waals surface area contributed by atoms with Crippen LogP contribution in [0.1, 0.15) is 17.3 Å². The minimum absolute atomic E-state index is 0.163. The van der Waals surface area contributed by atoms with E-state index in [0.717, 1.165) is 6.07 Å². The van der Waals surface area contributed by atoms with Crippen molar-refractivity contribution >= 4 is 17.4 Å². The van der Waals surface area contributed by atoms with Crippen molar-refractivity contribution < 1.29 is 27.5 Å². The summed E-state index contributed by atoms with van der Waals surface area (Å²) in [4.78, 5) is 22.9. The van der Waals surface area contributed by atoms with Gasteiger partial charge in [-0.25, -0.2) is 13.2 Å². The van der Waals surface area contributed by atoms with Crippen LogP contribution in [0, 0.1) is 17.5 Å². The Hall–Kier alpha value is -2.83. The zero-order chi connectivity index (χ0) is 17.0. The van der Waals surface area contributed by atoms with Crippen molar-refractivity contribution in [2.24, 2.45) is 0 Å². The summed E-state index contributed by atoms with van der Waals surface area (Å²) in [5.74, 6) is -5.15. The molecule has 120 valence electrons. The molecule has 1 amide bonds. The summed E-state index contributed by atoms with van der Waals surface area (Å²) in [6.07, 6.45) is 0. The fourth-order valence-electron chi connectivity index (χ4n) is 1.76. The maximum Gasteiger partial charge on any atom is 0.262 e. The lowest BCUT2D eigenvalue weighted by Crippen LogP contribution is -2.21. The molecular weight excluding hydrogens is 311 g/mol. The molecule has 1 N–H and O–H groups in total. The Morgan fingerprint density at radius 1 is 1.09 bits per heavy atom.